The van der Waals surface area contributed by atoms with Gasteiger partial charge >= 0.3 is 0 Å². The largest absolute Gasteiger partial charge is 0.382 e. The molecule has 3 aliphatic rings. The van der Waals surface area contributed by atoms with Gasteiger partial charge < -0.3 is 11.1 Å². The summed E-state index contributed by atoms with van der Waals surface area (Å²) in [5.41, 5.74) is 5.82. The first-order chi connectivity index (χ1) is 9.55. The van der Waals surface area contributed by atoms with Crippen LogP contribution in [0.3, 0.4) is 0 Å². The fourth-order valence-electron chi connectivity index (χ4n) is 3.80. The summed E-state index contributed by atoms with van der Waals surface area (Å²) in [5.74, 6) is 1.69. The lowest BCUT2D eigenvalue weighted by molar-refractivity contribution is 0.440. The molecule has 3 unspecified atom stereocenters. The first-order valence-electron chi connectivity index (χ1n) is 7.31. The maximum Gasteiger partial charge on any atom is 0.187 e. The molecule has 3 fully saturated rings. The molecule has 0 amide bonds. The summed E-state index contributed by atoms with van der Waals surface area (Å²) in [6, 6.07) is 0.404. The second-order valence-corrected chi connectivity index (χ2v) is 9.33. The molecule has 3 saturated carbocycles. The number of nitrogens with zero attached hydrogens (tertiary/aromatic N) is 1. The Bertz CT molecular complexity index is 636. The van der Waals surface area contributed by atoms with E-state index in [9.17, 15) is 8.42 Å². The van der Waals surface area contributed by atoms with Crippen LogP contribution < -0.4 is 11.1 Å². The number of nitrogens with one attached hydrogen (secondary N) is 1. The zero-order valence-corrected chi connectivity index (χ0v) is 12.8. The van der Waals surface area contributed by atoms with Crippen LogP contribution in [0, 0.1) is 11.8 Å². The minimum atomic E-state index is -3.28. The second-order valence-electron chi connectivity index (χ2n) is 6.40. The maximum atomic E-state index is 12.5. The van der Waals surface area contributed by atoms with Gasteiger partial charge in [0.25, 0.3) is 0 Å². The number of nitrogen functional groups attached to an aromatic ring is 1. The van der Waals surface area contributed by atoms with Gasteiger partial charge in [-0.05, 0) is 55.5 Å². The predicted octanol–water partition coefficient (Wildman–Crippen LogP) is 2.26. The molecule has 20 heavy (non-hydrogen) atoms. The Labute approximate surface area is 123 Å². The van der Waals surface area contributed by atoms with Gasteiger partial charge in [0.1, 0.15) is 9.90 Å². The molecule has 110 valence electrons. The summed E-state index contributed by atoms with van der Waals surface area (Å²) in [5, 5.41) is 3.89. The number of nitrogens with two attached hydrogens (primary N) is 1. The number of anilines is 2. The lowest BCUT2D eigenvalue weighted by atomic mass is 9.95. The van der Waals surface area contributed by atoms with Crippen LogP contribution in [0.4, 0.5) is 10.8 Å². The second kappa shape index (κ2) is 4.34. The summed E-state index contributed by atoms with van der Waals surface area (Å²) < 4.78 is 29.0. The van der Waals surface area contributed by atoms with Crippen LogP contribution in [0.15, 0.2) is 4.90 Å². The van der Waals surface area contributed by atoms with Crippen LogP contribution in [0.25, 0.3) is 0 Å². The van der Waals surface area contributed by atoms with Gasteiger partial charge in [-0.1, -0.05) is 6.42 Å². The molecule has 0 aromatic carbocycles. The highest BCUT2D eigenvalue weighted by Gasteiger charge is 2.43. The van der Waals surface area contributed by atoms with Crippen molar-refractivity contribution in [2.45, 2.75) is 54.7 Å². The van der Waals surface area contributed by atoms with Crippen molar-refractivity contribution in [1.82, 2.24) is 4.37 Å². The third-order valence-electron chi connectivity index (χ3n) is 4.98. The van der Waals surface area contributed by atoms with E-state index in [-0.39, 0.29) is 16.0 Å². The van der Waals surface area contributed by atoms with Crippen LogP contribution in [-0.2, 0) is 9.84 Å². The molecule has 0 saturated heterocycles. The molecular weight excluding hydrogens is 294 g/mol. The normalized spacial score (nSPS) is 32.7. The zero-order chi connectivity index (χ0) is 13.9. The van der Waals surface area contributed by atoms with Crippen molar-refractivity contribution < 1.29 is 8.42 Å². The van der Waals surface area contributed by atoms with E-state index in [1.165, 1.54) is 30.8 Å². The van der Waals surface area contributed by atoms with Crippen molar-refractivity contribution in [1.29, 1.82) is 0 Å². The van der Waals surface area contributed by atoms with E-state index in [1.807, 2.05) is 0 Å². The number of rotatable bonds is 4. The van der Waals surface area contributed by atoms with Gasteiger partial charge in [0.2, 0.25) is 0 Å². The van der Waals surface area contributed by atoms with Crippen molar-refractivity contribution in [3.63, 3.8) is 0 Å². The maximum absolute atomic E-state index is 12.5. The van der Waals surface area contributed by atoms with Gasteiger partial charge in [-0.15, -0.1) is 0 Å². The Morgan fingerprint density at radius 3 is 2.60 bits per heavy atom. The van der Waals surface area contributed by atoms with Crippen LogP contribution in [0.2, 0.25) is 0 Å². The highest BCUT2D eigenvalue weighted by molar-refractivity contribution is 7.92. The fourth-order valence-corrected chi connectivity index (χ4v) is 6.73. The van der Waals surface area contributed by atoms with Gasteiger partial charge in [0, 0.05) is 6.04 Å². The molecule has 1 aromatic heterocycles. The number of fused-ring (bicyclic) bond motifs is 2. The Kier molecular flexibility index (Phi) is 2.79. The molecule has 2 bridgehead atoms. The monoisotopic (exact) mass is 313 g/mol. The molecule has 0 aliphatic heterocycles. The molecule has 3 N–H and O–H groups in total. The van der Waals surface area contributed by atoms with Gasteiger partial charge in [0.05, 0.1) is 5.25 Å². The quantitative estimate of drug-likeness (QED) is 0.890. The number of hydrogen-bond donors (Lipinski definition) is 2. The Balaban J connectivity index is 1.63. The van der Waals surface area contributed by atoms with Crippen LogP contribution >= 0.6 is 11.5 Å². The number of hydrogen-bond acceptors (Lipinski definition) is 6. The Morgan fingerprint density at radius 1 is 1.20 bits per heavy atom. The van der Waals surface area contributed by atoms with Crippen molar-refractivity contribution >= 4 is 32.2 Å². The average molecular weight is 313 g/mol. The first-order valence-corrected chi connectivity index (χ1v) is 9.63. The molecule has 1 aromatic rings. The van der Waals surface area contributed by atoms with Crippen LogP contribution in [0.1, 0.15) is 38.5 Å². The molecule has 4 rings (SSSR count). The number of sulfone groups is 1. The van der Waals surface area contributed by atoms with E-state index >= 15 is 0 Å². The summed E-state index contributed by atoms with van der Waals surface area (Å²) in [4.78, 5) is 0.271. The van der Waals surface area contributed by atoms with E-state index in [4.69, 9.17) is 5.73 Å². The molecule has 3 aliphatic carbocycles. The van der Waals surface area contributed by atoms with E-state index in [0.29, 0.717) is 17.0 Å². The third kappa shape index (κ3) is 1.94. The van der Waals surface area contributed by atoms with E-state index in [0.717, 1.165) is 25.2 Å². The summed E-state index contributed by atoms with van der Waals surface area (Å²) >= 11 is 1.20. The van der Waals surface area contributed by atoms with Crippen LogP contribution in [-0.4, -0.2) is 24.1 Å². The molecule has 0 spiro atoms. The van der Waals surface area contributed by atoms with Crippen molar-refractivity contribution in [3.8, 4) is 0 Å². The van der Waals surface area contributed by atoms with E-state index < -0.39 is 9.84 Å². The van der Waals surface area contributed by atoms with Gasteiger partial charge in [-0.3, -0.25) is 0 Å². The standard InChI is InChI=1S/C13H19N3O2S2/c14-12-11(20(17,18)9-3-4-9)13(19-16-12)15-10-6-7-1-2-8(10)5-7/h7-10,15H,1-6H2,(H2,14,16). The smallest absolute Gasteiger partial charge is 0.187 e. The van der Waals surface area contributed by atoms with Gasteiger partial charge in [0.15, 0.2) is 15.7 Å². The molecule has 3 atom stereocenters. The van der Waals surface area contributed by atoms with E-state index in [2.05, 4.69) is 9.69 Å². The average Bonchev–Trinajstić information content (AvgIpc) is 2.93. The van der Waals surface area contributed by atoms with Gasteiger partial charge in [-0.25, -0.2) is 8.42 Å². The van der Waals surface area contributed by atoms with Crippen molar-refractivity contribution in [2.24, 2.45) is 11.8 Å². The predicted molar refractivity (Wildman–Crippen MR) is 79.6 cm³/mol. The third-order valence-corrected chi connectivity index (χ3v) is 8.23. The van der Waals surface area contributed by atoms with Gasteiger partial charge in [-0.2, -0.15) is 4.37 Å². The minimum absolute atomic E-state index is 0.174. The molecule has 5 nitrogen and oxygen atoms in total. The first kappa shape index (κ1) is 12.9. The molecule has 7 heteroatoms. The Hall–Kier alpha value is -0.820. The minimum Gasteiger partial charge on any atom is -0.382 e. The highest BCUT2D eigenvalue weighted by atomic mass is 32.2. The molecular formula is C13H19N3O2S2. The zero-order valence-electron chi connectivity index (χ0n) is 11.2. The SMILES string of the molecule is Nc1nsc(NC2CC3CCC2C3)c1S(=O)(=O)C1CC1. The topological polar surface area (TPSA) is 85.1 Å². The molecule has 0 radical (unpaired) electrons. The lowest BCUT2D eigenvalue weighted by Gasteiger charge is -2.23. The molecule has 1 heterocycles. The summed E-state index contributed by atoms with van der Waals surface area (Å²) in [7, 11) is -3.28. The fraction of sp³-hybridized carbons (Fsp3) is 0.769. The lowest BCUT2D eigenvalue weighted by Crippen LogP contribution is -2.26. The van der Waals surface area contributed by atoms with Crippen molar-refractivity contribution in [3.05, 3.63) is 0 Å². The Morgan fingerprint density at radius 2 is 2.00 bits per heavy atom. The summed E-state index contributed by atoms with van der Waals surface area (Å²) in [6.45, 7) is 0. The number of aromatic nitrogens is 1. The van der Waals surface area contributed by atoms with Crippen LogP contribution in [0.5, 0.6) is 0 Å². The summed E-state index contributed by atoms with van der Waals surface area (Å²) in [6.07, 6.45) is 6.56. The highest BCUT2D eigenvalue weighted by Crippen LogP contribution is 2.47. The van der Waals surface area contributed by atoms with Crippen molar-refractivity contribution in [2.75, 3.05) is 11.1 Å². The van der Waals surface area contributed by atoms with E-state index in [1.54, 1.807) is 0 Å².